The van der Waals surface area contributed by atoms with Crippen molar-refractivity contribution in [3.63, 3.8) is 0 Å². The average molecular weight is 249 g/mol. The number of imidazole rings is 1. The Bertz CT molecular complexity index is 469. The molecule has 0 aliphatic heterocycles. The van der Waals surface area contributed by atoms with E-state index in [1.165, 1.54) is 7.11 Å². The summed E-state index contributed by atoms with van der Waals surface area (Å²) in [5.41, 5.74) is 7.53. The summed E-state index contributed by atoms with van der Waals surface area (Å²) in [4.78, 5) is 3.98. The Labute approximate surface area is 105 Å². The van der Waals surface area contributed by atoms with Gasteiger partial charge in [0.05, 0.1) is 18.5 Å². The molecule has 2 atom stereocenters. The number of nitrogens with zero attached hydrogens (tertiary/aromatic N) is 2. The van der Waals surface area contributed by atoms with Gasteiger partial charge in [-0.05, 0) is 17.7 Å². The van der Waals surface area contributed by atoms with E-state index >= 15 is 0 Å². The Balaban J connectivity index is 2.21. The van der Waals surface area contributed by atoms with Gasteiger partial charge in [0.25, 0.3) is 0 Å². The summed E-state index contributed by atoms with van der Waals surface area (Å²) >= 11 is 0. The van der Waals surface area contributed by atoms with Gasteiger partial charge in [-0.1, -0.05) is 12.1 Å². The van der Waals surface area contributed by atoms with Gasteiger partial charge < -0.3 is 15.0 Å². The van der Waals surface area contributed by atoms with Gasteiger partial charge in [-0.25, -0.2) is 9.37 Å². The molecule has 2 rings (SSSR count). The van der Waals surface area contributed by atoms with Crippen LogP contribution in [0, 0.1) is 0 Å². The summed E-state index contributed by atoms with van der Waals surface area (Å²) in [7, 11) is 1.53. The number of nitrogens with two attached hydrogens (primary N) is 1. The van der Waals surface area contributed by atoms with E-state index in [0.29, 0.717) is 0 Å². The lowest BCUT2D eigenvalue weighted by atomic mass is 10.0. The van der Waals surface area contributed by atoms with Gasteiger partial charge in [0, 0.05) is 25.2 Å². The Hall–Kier alpha value is -1.72. The molecule has 0 aliphatic rings. The molecule has 0 amide bonds. The van der Waals surface area contributed by atoms with E-state index in [4.69, 9.17) is 10.5 Å². The predicted molar refractivity (Wildman–Crippen MR) is 67.3 cm³/mol. The van der Waals surface area contributed by atoms with E-state index < -0.39 is 18.8 Å². The summed E-state index contributed by atoms with van der Waals surface area (Å²) in [5.74, 6) is 0. The van der Waals surface area contributed by atoms with Crippen LogP contribution in [0.15, 0.2) is 43.0 Å². The Kier molecular flexibility index (Phi) is 4.07. The van der Waals surface area contributed by atoms with Crippen molar-refractivity contribution in [2.45, 2.75) is 12.1 Å². The first-order chi connectivity index (χ1) is 8.76. The van der Waals surface area contributed by atoms with Crippen molar-refractivity contribution in [3.05, 3.63) is 48.5 Å². The summed E-state index contributed by atoms with van der Waals surface area (Å²) in [6.45, 7) is -0.609. The first-order valence-corrected chi connectivity index (χ1v) is 5.69. The van der Waals surface area contributed by atoms with E-state index in [9.17, 15) is 4.39 Å². The number of alkyl halides is 1. The van der Waals surface area contributed by atoms with Crippen LogP contribution in [0.4, 0.5) is 4.39 Å². The number of hydrogen-bond acceptors (Lipinski definition) is 3. The molecule has 2 N–H and O–H groups in total. The molecule has 1 aromatic heterocycles. The molecular formula is C13H16FN3O. The van der Waals surface area contributed by atoms with E-state index in [0.717, 1.165) is 11.3 Å². The maximum atomic E-state index is 12.6. The summed E-state index contributed by atoms with van der Waals surface area (Å²) in [6, 6.07) is 6.98. The van der Waals surface area contributed by atoms with Crippen molar-refractivity contribution in [2.75, 3.05) is 13.8 Å². The Morgan fingerprint density at radius 2 is 2.11 bits per heavy atom. The van der Waals surface area contributed by atoms with Crippen LogP contribution in [0.3, 0.4) is 0 Å². The fourth-order valence-electron chi connectivity index (χ4n) is 1.89. The molecule has 0 saturated heterocycles. The monoisotopic (exact) mass is 249 g/mol. The van der Waals surface area contributed by atoms with Crippen molar-refractivity contribution in [2.24, 2.45) is 5.73 Å². The van der Waals surface area contributed by atoms with Crippen LogP contribution >= 0.6 is 0 Å². The highest BCUT2D eigenvalue weighted by Gasteiger charge is 2.19. The minimum Gasteiger partial charge on any atom is -0.375 e. The smallest absolute Gasteiger partial charge is 0.107 e. The number of aromatic nitrogens is 2. The van der Waals surface area contributed by atoms with Gasteiger partial charge in [0.2, 0.25) is 0 Å². The third-order valence-electron chi connectivity index (χ3n) is 2.85. The molecule has 0 bridgehead atoms. The second-order valence-electron chi connectivity index (χ2n) is 4.04. The molecule has 0 aliphatic carbocycles. The molecule has 2 aromatic rings. The number of benzene rings is 1. The first-order valence-electron chi connectivity index (χ1n) is 5.69. The molecule has 18 heavy (non-hydrogen) atoms. The average Bonchev–Trinajstić information content (AvgIpc) is 2.94. The molecule has 5 heteroatoms. The Morgan fingerprint density at radius 1 is 1.39 bits per heavy atom. The molecule has 2 unspecified atom stereocenters. The van der Waals surface area contributed by atoms with Gasteiger partial charge in [0.1, 0.15) is 6.67 Å². The predicted octanol–water partition coefficient (Wildman–Crippen LogP) is 1.86. The van der Waals surface area contributed by atoms with E-state index in [-0.39, 0.29) is 0 Å². The lowest BCUT2D eigenvalue weighted by molar-refractivity contribution is 0.0721. The number of methoxy groups -OCH3 is 1. The number of hydrogen-bond donors (Lipinski definition) is 1. The van der Waals surface area contributed by atoms with Crippen molar-refractivity contribution in [3.8, 4) is 5.69 Å². The Morgan fingerprint density at radius 3 is 2.61 bits per heavy atom. The third kappa shape index (κ3) is 2.57. The minimum absolute atomic E-state index is 0.424. The molecule has 0 fully saturated rings. The van der Waals surface area contributed by atoms with Gasteiger partial charge >= 0.3 is 0 Å². The molecule has 0 radical (unpaired) electrons. The SMILES string of the molecule is COC(c1ccc(-n2ccnc2)cc1)C(N)CF. The van der Waals surface area contributed by atoms with Crippen molar-refractivity contribution < 1.29 is 9.13 Å². The largest absolute Gasteiger partial charge is 0.375 e. The van der Waals surface area contributed by atoms with Crippen LogP contribution in [0.2, 0.25) is 0 Å². The number of rotatable bonds is 5. The van der Waals surface area contributed by atoms with Crippen LogP contribution in [-0.2, 0) is 4.74 Å². The van der Waals surface area contributed by atoms with Gasteiger partial charge in [-0.3, -0.25) is 0 Å². The van der Waals surface area contributed by atoms with Gasteiger partial charge in [-0.2, -0.15) is 0 Å². The summed E-state index contributed by atoms with van der Waals surface area (Å²) in [6.07, 6.45) is 4.86. The quantitative estimate of drug-likeness (QED) is 0.880. The lowest BCUT2D eigenvalue weighted by Crippen LogP contribution is -2.31. The molecule has 1 heterocycles. The maximum absolute atomic E-state index is 12.6. The van der Waals surface area contributed by atoms with E-state index in [1.54, 1.807) is 12.5 Å². The number of ether oxygens (including phenoxy) is 1. The van der Waals surface area contributed by atoms with Crippen LogP contribution in [0.1, 0.15) is 11.7 Å². The van der Waals surface area contributed by atoms with Crippen LogP contribution in [0.25, 0.3) is 5.69 Å². The van der Waals surface area contributed by atoms with Crippen LogP contribution in [0.5, 0.6) is 0 Å². The van der Waals surface area contributed by atoms with Gasteiger partial charge in [-0.15, -0.1) is 0 Å². The van der Waals surface area contributed by atoms with Crippen molar-refractivity contribution in [1.82, 2.24) is 9.55 Å². The lowest BCUT2D eigenvalue weighted by Gasteiger charge is -2.20. The second kappa shape index (κ2) is 5.75. The second-order valence-corrected chi connectivity index (χ2v) is 4.04. The fourth-order valence-corrected chi connectivity index (χ4v) is 1.89. The highest BCUT2D eigenvalue weighted by Crippen LogP contribution is 2.21. The van der Waals surface area contributed by atoms with E-state index in [2.05, 4.69) is 4.98 Å². The summed E-state index contributed by atoms with van der Waals surface area (Å²) in [5, 5.41) is 0. The number of halogens is 1. The maximum Gasteiger partial charge on any atom is 0.107 e. The standard InChI is InChI=1S/C13H16FN3O/c1-18-13(12(15)8-14)10-2-4-11(5-3-10)17-7-6-16-9-17/h2-7,9,12-13H,8,15H2,1H3. The first kappa shape index (κ1) is 12.7. The highest BCUT2D eigenvalue weighted by molar-refractivity contribution is 5.35. The molecule has 4 nitrogen and oxygen atoms in total. The normalized spacial score (nSPS) is 14.4. The fraction of sp³-hybridized carbons (Fsp3) is 0.308. The highest BCUT2D eigenvalue weighted by atomic mass is 19.1. The summed E-state index contributed by atoms with van der Waals surface area (Å²) < 4.78 is 19.7. The van der Waals surface area contributed by atoms with Crippen LogP contribution in [-0.4, -0.2) is 29.4 Å². The van der Waals surface area contributed by atoms with Gasteiger partial charge in [0.15, 0.2) is 0 Å². The molecule has 0 saturated carbocycles. The zero-order valence-corrected chi connectivity index (χ0v) is 10.2. The molecule has 1 aromatic carbocycles. The molecule has 96 valence electrons. The van der Waals surface area contributed by atoms with Crippen molar-refractivity contribution in [1.29, 1.82) is 0 Å². The zero-order chi connectivity index (χ0) is 13.0. The minimum atomic E-state index is -0.644. The topological polar surface area (TPSA) is 53.1 Å². The third-order valence-corrected chi connectivity index (χ3v) is 2.85. The molecular weight excluding hydrogens is 233 g/mol. The van der Waals surface area contributed by atoms with E-state index in [1.807, 2.05) is 35.0 Å². The zero-order valence-electron chi connectivity index (χ0n) is 10.2. The molecule has 0 spiro atoms. The van der Waals surface area contributed by atoms with Crippen LogP contribution < -0.4 is 5.73 Å². The van der Waals surface area contributed by atoms with Crippen molar-refractivity contribution >= 4 is 0 Å².